The number of nitrogens with zero attached hydrogens (tertiary/aromatic N) is 4. The standard InChI is InChI=1S/C21H22N4O2/c1-16-14-24(13-12-23(16)15-17-6-3-2-4-7-17)20-10-9-19(25(26)27)18-8-5-11-22-21(18)20/h2-11,16H,12-15H2,1H3/t16-/m1/s1. The summed E-state index contributed by atoms with van der Waals surface area (Å²) in [6, 6.07) is 17.9. The van der Waals surface area contributed by atoms with Gasteiger partial charge in [-0.3, -0.25) is 20.0 Å². The lowest BCUT2D eigenvalue weighted by Crippen LogP contribution is -2.51. The summed E-state index contributed by atoms with van der Waals surface area (Å²) in [6.45, 7) is 5.86. The lowest BCUT2D eigenvalue weighted by atomic mass is 10.1. The summed E-state index contributed by atoms with van der Waals surface area (Å²) in [6.07, 6.45) is 1.70. The molecule has 1 aliphatic rings. The highest BCUT2D eigenvalue weighted by Crippen LogP contribution is 2.33. The van der Waals surface area contributed by atoms with Crippen LogP contribution in [0.1, 0.15) is 12.5 Å². The van der Waals surface area contributed by atoms with E-state index in [9.17, 15) is 10.1 Å². The lowest BCUT2D eigenvalue weighted by Gasteiger charge is -2.41. The molecule has 27 heavy (non-hydrogen) atoms. The number of piperazine rings is 1. The Morgan fingerprint density at radius 1 is 1.11 bits per heavy atom. The Labute approximate surface area is 158 Å². The van der Waals surface area contributed by atoms with Crippen molar-refractivity contribution in [3.05, 3.63) is 76.5 Å². The van der Waals surface area contributed by atoms with Crippen molar-refractivity contribution in [1.29, 1.82) is 0 Å². The molecular formula is C21H22N4O2. The van der Waals surface area contributed by atoms with Gasteiger partial charge in [0, 0.05) is 44.5 Å². The zero-order chi connectivity index (χ0) is 18.8. The normalized spacial score (nSPS) is 18.0. The first-order valence-electron chi connectivity index (χ1n) is 9.18. The first-order chi connectivity index (χ1) is 13.1. The number of benzene rings is 2. The average molecular weight is 362 g/mol. The van der Waals surface area contributed by atoms with Gasteiger partial charge in [0.2, 0.25) is 0 Å². The molecule has 1 fully saturated rings. The van der Waals surface area contributed by atoms with Crippen LogP contribution in [0.25, 0.3) is 10.9 Å². The van der Waals surface area contributed by atoms with Gasteiger partial charge in [-0.25, -0.2) is 0 Å². The van der Waals surface area contributed by atoms with Crippen molar-refractivity contribution in [3.8, 4) is 0 Å². The van der Waals surface area contributed by atoms with Crippen LogP contribution in [0.5, 0.6) is 0 Å². The first kappa shape index (κ1) is 17.4. The molecule has 0 amide bonds. The summed E-state index contributed by atoms with van der Waals surface area (Å²) in [5, 5.41) is 11.9. The van der Waals surface area contributed by atoms with Crippen LogP contribution < -0.4 is 4.90 Å². The molecule has 3 aromatic rings. The summed E-state index contributed by atoms with van der Waals surface area (Å²) < 4.78 is 0. The highest BCUT2D eigenvalue weighted by Gasteiger charge is 2.26. The average Bonchev–Trinajstić information content (AvgIpc) is 2.69. The molecule has 4 rings (SSSR count). The third kappa shape index (κ3) is 3.48. The Kier molecular flexibility index (Phi) is 4.73. The number of anilines is 1. The van der Waals surface area contributed by atoms with Gasteiger partial charge in [0.15, 0.2) is 0 Å². The number of hydrogen-bond donors (Lipinski definition) is 0. The van der Waals surface area contributed by atoms with Crippen molar-refractivity contribution < 1.29 is 4.92 Å². The number of nitro benzene ring substituents is 1. The lowest BCUT2D eigenvalue weighted by molar-refractivity contribution is -0.383. The van der Waals surface area contributed by atoms with Crippen molar-refractivity contribution in [2.75, 3.05) is 24.5 Å². The largest absolute Gasteiger partial charge is 0.367 e. The van der Waals surface area contributed by atoms with E-state index in [1.165, 1.54) is 5.56 Å². The number of fused-ring (bicyclic) bond motifs is 1. The molecule has 2 aromatic carbocycles. The van der Waals surface area contributed by atoms with Gasteiger partial charge in [-0.1, -0.05) is 30.3 Å². The smallest absolute Gasteiger partial charge is 0.278 e. The van der Waals surface area contributed by atoms with Crippen LogP contribution in [0, 0.1) is 10.1 Å². The van der Waals surface area contributed by atoms with Crippen molar-refractivity contribution >= 4 is 22.3 Å². The third-order valence-corrected chi connectivity index (χ3v) is 5.26. The maximum absolute atomic E-state index is 11.3. The summed E-state index contributed by atoms with van der Waals surface area (Å²) in [5.41, 5.74) is 3.11. The Bertz CT molecular complexity index is 961. The zero-order valence-electron chi connectivity index (χ0n) is 15.3. The van der Waals surface area contributed by atoms with Gasteiger partial charge >= 0.3 is 0 Å². The van der Waals surface area contributed by atoms with E-state index >= 15 is 0 Å². The summed E-state index contributed by atoms with van der Waals surface area (Å²) in [4.78, 5) is 20.2. The van der Waals surface area contributed by atoms with E-state index in [1.807, 2.05) is 12.1 Å². The Morgan fingerprint density at radius 3 is 2.67 bits per heavy atom. The Hall–Kier alpha value is -2.99. The van der Waals surface area contributed by atoms with E-state index in [2.05, 4.69) is 46.0 Å². The molecule has 1 saturated heterocycles. The molecule has 0 aliphatic carbocycles. The van der Waals surface area contributed by atoms with Crippen molar-refractivity contribution in [2.45, 2.75) is 19.5 Å². The van der Waals surface area contributed by atoms with Crippen LogP contribution in [0.3, 0.4) is 0 Å². The summed E-state index contributed by atoms with van der Waals surface area (Å²) in [7, 11) is 0. The van der Waals surface area contributed by atoms with Crippen LogP contribution in [-0.4, -0.2) is 40.5 Å². The van der Waals surface area contributed by atoms with Crippen LogP contribution in [0.2, 0.25) is 0 Å². The second kappa shape index (κ2) is 7.32. The van der Waals surface area contributed by atoms with Crippen LogP contribution >= 0.6 is 0 Å². The molecule has 1 aliphatic heterocycles. The number of pyridine rings is 1. The van der Waals surface area contributed by atoms with E-state index in [0.717, 1.165) is 31.9 Å². The highest BCUT2D eigenvalue weighted by atomic mass is 16.6. The monoisotopic (exact) mass is 362 g/mol. The van der Waals surface area contributed by atoms with Gasteiger partial charge in [-0.2, -0.15) is 0 Å². The topological polar surface area (TPSA) is 62.5 Å². The van der Waals surface area contributed by atoms with Gasteiger partial charge in [0.25, 0.3) is 5.69 Å². The number of nitro groups is 1. The minimum atomic E-state index is -0.339. The SMILES string of the molecule is C[C@@H]1CN(c2ccc([N+](=O)[O-])c3cccnc23)CCN1Cc1ccccc1. The second-order valence-electron chi connectivity index (χ2n) is 7.01. The zero-order valence-corrected chi connectivity index (χ0v) is 15.3. The number of aromatic nitrogens is 1. The molecular weight excluding hydrogens is 340 g/mol. The van der Waals surface area contributed by atoms with Crippen molar-refractivity contribution in [1.82, 2.24) is 9.88 Å². The van der Waals surface area contributed by atoms with Crippen molar-refractivity contribution in [3.63, 3.8) is 0 Å². The molecule has 6 heteroatoms. The minimum absolute atomic E-state index is 0.109. The van der Waals surface area contributed by atoms with E-state index in [1.54, 1.807) is 24.4 Å². The number of rotatable bonds is 4. The molecule has 1 atom stereocenters. The highest BCUT2D eigenvalue weighted by molar-refractivity contribution is 5.97. The maximum atomic E-state index is 11.3. The molecule has 0 N–H and O–H groups in total. The van der Waals surface area contributed by atoms with Gasteiger partial charge in [-0.05, 0) is 30.7 Å². The van der Waals surface area contributed by atoms with Gasteiger partial charge in [-0.15, -0.1) is 0 Å². The molecule has 0 saturated carbocycles. The van der Waals surface area contributed by atoms with Gasteiger partial charge in [0.1, 0.15) is 5.52 Å². The molecule has 0 bridgehead atoms. The fourth-order valence-corrected chi connectivity index (χ4v) is 3.82. The Morgan fingerprint density at radius 2 is 1.93 bits per heavy atom. The molecule has 0 spiro atoms. The summed E-state index contributed by atoms with van der Waals surface area (Å²) >= 11 is 0. The van der Waals surface area contributed by atoms with Crippen LogP contribution in [-0.2, 0) is 6.54 Å². The van der Waals surface area contributed by atoms with Crippen LogP contribution in [0.4, 0.5) is 11.4 Å². The predicted molar refractivity (Wildman–Crippen MR) is 107 cm³/mol. The van der Waals surface area contributed by atoms with E-state index in [4.69, 9.17) is 0 Å². The molecule has 0 radical (unpaired) electrons. The fourth-order valence-electron chi connectivity index (χ4n) is 3.82. The summed E-state index contributed by atoms with van der Waals surface area (Å²) in [5.74, 6) is 0. The number of non-ortho nitro benzene ring substituents is 1. The number of hydrogen-bond acceptors (Lipinski definition) is 5. The van der Waals surface area contributed by atoms with Gasteiger partial charge < -0.3 is 4.90 Å². The van der Waals surface area contributed by atoms with Crippen molar-refractivity contribution in [2.24, 2.45) is 0 Å². The molecule has 0 unspecified atom stereocenters. The maximum Gasteiger partial charge on any atom is 0.278 e. The predicted octanol–water partition coefficient (Wildman–Crippen LogP) is 3.85. The van der Waals surface area contributed by atoms with E-state index in [-0.39, 0.29) is 10.6 Å². The quantitative estimate of drug-likeness (QED) is 0.521. The first-order valence-corrected chi connectivity index (χ1v) is 9.18. The fraction of sp³-hybridized carbons (Fsp3) is 0.286. The van der Waals surface area contributed by atoms with E-state index in [0.29, 0.717) is 16.9 Å². The third-order valence-electron chi connectivity index (χ3n) is 5.26. The molecule has 6 nitrogen and oxygen atoms in total. The minimum Gasteiger partial charge on any atom is -0.367 e. The Balaban J connectivity index is 1.57. The van der Waals surface area contributed by atoms with Gasteiger partial charge in [0.05, 0.1) is 16.0 Å². The van der Waals surface area contributed by atoms with E-state index < -0.39 is 0 Å². The molecule has 1 aromatic heterocycles. The van der Waals surface area contributed by atoms with Crippen LogP contribution in [0.15, 0.2) is 60.8 Å². The molecule has 2 heterocycles. The second-order valence-corrected chi connectivity index (χ2v) is 7.01. The molecule has 138 valence electrons.